The quantitative estimate of drug-likeness (QED) is 0.583. The second kappa shape index (κ2) is 9.65. The zero-order valence-electron chi connectivity index (χ0n) is 13.4. The topological polar surface area (TPSA) is 67.9 Å². The fourth-order valence-electron chi connectivity index (χ4n) is 1.75. The second-order valence-electron chi connectivity index (χ2n) is 4.86. The van der Waals surface area contributed by atoms with Crippen LogP contribution in [-0.4, -0.2) is 50.6 Å². The molecule has 0 unspecified atom stereocenters. The van der Waals surface area contributed by atoms with E-state index in [-0.39, 0.29) is 6.54 Å². The summed E-state index contributed by atoms with van der Waals surface area (Å²) in [6, 6.07) is 7.15. The van der Waals surface area contributed by atoms with Crippen LogP contribution in [0.2, 0.25) is 0 Å². The number of hydrogen-bond acceptors (Lipinski definition) is 4. The van der Waals surface area contributed by atoms with E-state index in [9.17, 15) is 9.59 Å². The number of hydrogen-bond donors (Lipinski definition) is 1. The SMILES string of the molecule is CCCCN(C)C(=O)C(=O)NCCOc1ccc(OC)cc1. The number of carbonyl (C=O) groups excluding carboxylic acids is 2. The highest BCUT2D eigenvalue weighted by atomic mass is 16.5. The summed E-state index contributed by atoms with van der Waals surface area (Å²) in [6.07, 6.45) is 1.87. The maximum Gasteiger partial charge on any atom is 0.311 e. The lowest BCUT2D eigenvalue weighted by atomic mass is 10.3. The van der Waals surface area contributed by atoms with Gasteiger partial charge in [-0.1, -0.05) is 13.3 Å². The average Bonchev–Trinajstić information content (AvgIpc) is 2.56. The molecule has 0 atom stereocenters. The zero-order valence-corrected chi connectivity index (χ0v) is 13.4. The number of nitrogens with one attached hydrogen (secondary N) is 1. The third-order valence-corrected chi connectivity index (χ3v) is 3.10. The van der Waals surface area contributed by atoms with E-state index in [1.54, 1.807) is 38.4 Å². The summed E-state index contributed by atoms with van der Waals surface area (Å²) in [5, 5.41) is 2.55. The van der Waals surface area contributed by atoms with Crippen molar-refractivity contribution >= 4 is 11.8 Å². The third-order valence-electron chi connectivity index (χ3n) is 3.10. The molecule has 0 bridgehead atoms. The smallest absolute Gasteiger partial charge is 0.311 e. The van der Waals surface area contributed by atoms with Gasteiger partial charge in [0.1, 0.15) is 18.1 Å². The molecule has 1 N–H and O–H groups in total. The van der Waals surface area contributed by atoms with E-state index < -0.39 is 11.8 Å². The highest BCUT2D eigenvalue weighted by Gasteiger charge is 2.17. The van der Waals surface area contributed by atoms with Gasteiger partial charge in [0.05, 0.1) is 13.7 Å². The van der Waals surface area contributed by atoms with Crippen LogP contribution in [0.1, 0.15) is 19.8 Å². The molecule has 0 spiro atoms. The van der Waals surface area contributed by atoms with Crippen LogP contribution in [-0.2, 0) is 9.59 Å². The highest BCUT2D eigenvalue weighted by molar-refractivity contribution is 6.34. The van der Waals surface area contributed by atoms with Gasteiger partial charge < -0.3 is 19.7 Å². The summed E-state index contributed by atoms with van der Waals surface area (Å²) in [7, 11) is 3.23. The van der Waals surface area contributed by atoms with Crippen molar-refractivity contribution < 1.29 is 19.1 Å². The number of amides is 2. The number of unbranched alkanes of at least 4 members (excludes halogenated alkanes) is 1. The van der Waals surface area contributed by atoms with Gasteiger partial charge in [0.15, 0.2) is 0 Å². The van der Waals surface area contributed by atoms with E-state index in [0.717, 1.165) is 18.6 Å². The molecular formula is C16H24N2O4. The number of rotatable bonds is 8. The fraction of sp³-hybridized carbons (Fsp3) is 0.500. The van der Waals surface area contributed by atoms with E-state index in [1.165, 1.54) is 4.90 Å². The average molecular weight is 308 g/mol. The van der Waals surface area contributed by atoms with Crippen molar-refractivity contribution in [1.82, 2.24) is 10.2 Å². The van der Waals surface area contributed by atoms with Gasteiger partial charge >= 0.3 is 11.8 Å². The van der Waals surface area contributed by atoms with E-state index in [1.807, 2.05) is 6.92 Å². The first-order valence-corrected chi connectivity index (χ1v) is 7.38. The van der Waals surface area contributed by atoms with Gasteiger partial charge in [0, 0.05) is 13.6 Å². The molecule has 0 fully saturated rings. The molecule has 2 amide bonds. The van der Waals surface area contributed by atoms with Crippen molar-refractivity contribution in [2.45, 2.75) is 19.8 Å². The Bertz CT molecular complexity index is 474. The van der Waals surface area contributed by atoms with Crippen molar-refractivity contribution in [2.24, 2.45) is 0 Å². The predicted octanol–water partition coefficient (Wildman–Crippen LogP) is 1.45. The molecular weight excluding hydrogens is 284 g/mol. The lowest BCUT2D eigenvalue weighted by molar-refractivity contribution is -0.145. The van der Waals surface area contributed by atoms with E-state index in [4.69, 9.17) is 9.47 Å². The largest absolute Gasteiger partial charge is 0.497 e. The van der Waals surface area contributed by atoms with Crippen molar-refractivity contribution in [3.63, 3.8) is 0 Å². The first-order chi connectivity index (χ1) is 10.6. The van der Waals surface area contributed by atoms with Gasteiger partial charge in [0.25, 0.3) is 0 Å². The van der Waals surface area contributed by atoms with Crippen LogP contribution < -0.4 is 14.8 Å². The minimum Gasteiger partial charge on any atom is -0.497 e. The lowest BCUT2D eigenvalue weighted by Crippen LogP contribution is -2.42. The van der Waals surface area contributed by atoms with Gasteiger partial charge in [-0.05, 0) is 30.7 Å². The Labute approximate surface area is 131 Å². The second-order valence-corrected chi connectivity index (χ2v) is 4.86. The van der Waals surface area contributed by atoms with Crippen LogP contribution in [0.4, 0.5) is 0 Å². The van der Waals surface area contributed by atoms with Crippen molar-refractivity contribution in [1.29, 1.82) is 0 Å². The van der Waals surface area contributed by atoms with Gasteiger partial charge in [-0.15, -0.1) is 0 Å². The van der Waals surface area contributed by atoms with Gasteiger partial charge in [-0.3, -0.25) is 9.59 Å². The van der Waals surface area contributed by atoms with E-state index in [0.29, 0.717) is 18.9 Å². The third kappa shape index (κ3) is 6.03. The van der Waals surface area contributed by atoms with Crippen LogP contribution in [0.15, 0.2) is 24.3 Å². The van der Waals surface area contributed by atoms with Crippen LogP contribution >= 0.6 is 0 Å². The number of ether oxygens (including phenoxy) is 2. The van der Waals surface area contributed by atoms with Gasteiger partial charge in [-0.2, -0.15) is 0 Å². The Balaban J connectivity index is 2.25. The number of benzene rings is 1. The van der Waals surface area contributed by atoms with Crippen LogP contribution in [0.3, 0.4) is 0 Å². The number of carbonyl (C=O) groups is 2. The number of methoxy groups -OCH3 is 1. The monoisotopic (exact) mass is 308 g/mol. The Morgan fingerprint density at radius 3 is 2.41 bits per heavy atom. The molecule has 0 radical (unpaired) electrons. The number of nitrogens with zero attached hydrogens (tertiary/aromatic N) is 1. The molecule has 0 aliphatic carbocycles. The molecule has 1 aromatic rings. The summed E-state index contributed by atoms with van der Waals surface area (Å²) in [5.74, 6) is 0.317. The molecule has 0 saturated heterocycles. The minimum absolute atomic E-state index is 0.276. The Kier molecular flexibility index (Phi) is 7.81. The molecule has 0 aromatic heterocycles. The molecule has 0 saturated carbocycles. The van der Waals surface area contributed by atoms with Crippen molar-refractivity contribution in [3.05, 3.63) is 24.3 Å². The normalized spacial score (nSPS) is 9.95. The maximum atomic E-state index is 11.7. The molecule has 1 aromatic carbocycles. The molecule has 0 aliphatic rings. The number of likely N-dealkylation sites (N-methyl/N-ethyl adjacent to an activating group) is 1. The van der Waals surface area contributed by atoms with Gasteiger partial charge in [-0.25, -0.2) is 0 Å². The van der Waals surface area contributed by atoms with Crippen molar-refractivity contribution in [2.75, 3.05) is 33.9 Å². The molecule has 6 heteroatoms. The zero-order chi connectivity index (χ0) is 16.4. The molecule has 1 rings (SSSR count). The molecule has 0 aliphatic heterocycles. The van der Waals surface area contributed by atoms with E-state index in [2.05, 4.69) is 5.32 Å². The molecule has 22 heavy (non-hydrogen) atoms. The summed E-state index contributed by atoms with van der Waals surface area (Å²) in [5.41, 5.74) is 0. The van der Waals surface area contributed by atoms with E-state index >= 15 is 0 Å². The minimum atomic E-state index is -0.600. The van der Waals surface area contributed by atoms with Crippen LogP contribution in [0, 0.1) is 0 Å². The predicted molar refractivity (Wildman–Crippen MR) is 84.0 cm³/mol. The lowest BCUT2D eigenvalue weighted by Gasteiger charge is -2.16. The first-order valence-electron chi connectivity index (χ1n) is 7.38. The summed E-state index contributed by atoms with van der Waals surface area (Å²) in [4.78, 5) is 24.8. The highest BCUT2D eigenvalue weighted by Crippen LogP contribution is 2.16. The Morgan fingerprint density at radius 1 is 1.18 bits per heavy atom. The Morgan fingerprint density at radius 2 is 1.82 bits per heavy atom. The fourth-order valence-corrected chi connectivity index (χ4v) is 1.75. The van der Waals surface area contributed by atoms with Crippen LogP contribution in [0.5, 0.6) is 11.5 Å². The molecule has 122 valence electrons. The maximum absolute atomic E-state index is 11.7. The summed E-state index contributed by atoms with van der Waals surface area (Å²) >= 11 is 0. The summed E-state index contributed by atoms with van der Waals surface area (Å²) in [6.45, 7) is 3.20. The molecule has 0 heterocycles. The van der Waals surface area contributed by atoms with Gasteiger partial charge in [0.2, 0.25) is 0 Å². The molecule has 6 nitrogen and oxygen atoms in total. The summed E-state index contributed by atoms with van der Waals surface area (Å²) < 4.78 is 10.5. The first kappa shape index (κ1) is 17.8. The Hall–Kier alpha value is -2.24. The van der Waals surface area contributed by atoms with Crippen molar-refractivity contribution in [3.8, 4) is 11.5 Å². The van der Waals surface area contributed by atoms with Crippen LogP contribution in [0.25, 0.3) is 0 Å². The standard InChI is InChI=1S/C16H24N2O4/c1-4-5-11-18(2)16(20)15(19)17-10-12-22-14-8-6-13(21-3)7-9-14/h6-9H,4-5,10-12H2,1-3H3,(H,17,19).